The van der Waals surface area contributed by atoms with Gasteiger partial charge in [-0.3, -0.25) is 2.78 Å². The Balaban J connectivity index is 2.94. The highest BCUT2D eigenvalue weighted by molar-refractivity contribution is 14.1. The summed E-state index contributed by atoms with van der Waals surface area (Å²) in [5.74, 6) is 0. The van der Waals surface area contributed by atoms with Crippen LogP contribution in [0.3, 0.4) is 0 Å². The number of nitrogens with zero attached hydrogens (tertiary/aromatic N) is 2. The fourth-order valence-electron chi connectivity index (χ4n) is 1.15. The first-order valence-corrected chi connectivity index (χ1v) is 4.34. The molecule has 1 heterocycles. The van der Waals surface area contributed by atoms with Crippen LogP contribution >= 0.6 is 22.9 Å². The van der Waals surface area contributed by atoms with Gasteiger partial charge in [0.1, 0.15) is 6.33 Å². The predicted molar refractivity (Wildman–Crippen MR) is 53.9 cm³/mol. The van der Waals surface area contributed by atoms with Crippen LogP contribution < -0.4 is 0 Å². The van der Waals surface area contributed by atoms with Crippen LogP contribution in [0.1, 0.15) is 5.56 Å². The summed E-state index contributed by atoms with van der Waals surface area (Å²) in [4.78, 5) is 4.27. The standard InChI is InChI=1S/C8H7IN2/c1-6-3-2-4-7-8(6)10-5-11(7)9/h2-5H,1H3. The molecule has 0 radical (unpaired) electrons. The molecule has 11 heavy (non-hydrogen) atoms. The Hall–Kier alpha value is -0.580. The van der Waals surface area contributed by atoms with E-state index in [-0.39, 0.29) is 0 Å². The molecule has 0 N–H and O–H groups in total. The molecule has 0 aliphatic rings. The van der Waals surface area contributed by atoms with E-state index >= 15 is 0 Å². The number of benzene rings is 1. The third-order valence-electron chi connectivity index (χ3n) is 1.73. The highest BCUT2D eigenvalue weighted by Crippen LogP contribution is 2.17. The number of aryl methyl sites for hydroxylation is 1. The van der Waals surface area contributed by atoms with E-state index in [0.717, 1.165) is 5.52 Å². The molecule has 0 amide bonds. The molecule has 1 aromatic heterocycles. The molecule has 0 atom stereocenters. The van der Waals surface area contributed by atoms with Crippen molar-refractivity contribution in [3.63, 3.8) is 0 Å². The Morgan fingerprint density at radius 2 is 2.27 bits per heavy atom. The van der Waals surface area contributed by atoms with Crippen molar-refractivity contribution in [2.24, 2.45) is 0 Å². The molecular formula is C8H7IN2. The summed E-state index contributed by atoms with van der Waals surface area (Å²) in [7, 11) is 0. The van der Waals surface area contributed by atoms with Crippen molar-refractivity contribution >= 4 is 33.9 Å². The van der Waals surface area contributed by atoms with Crippen molar-refractivity contribution in [1.29, 1.82) is 0 Å². The minimum Gasteiger partial charge on any atom is -0.271 e. The molecule has 0 saturated heterocycles. The third kappa shape index (κ3) is 1.03. The van der Waals surface area contributed by atoms with Crippen molar-refractivity contribution in [1.82, 2.24) is 7.76 Å². The minimum absolute atomic E-state index is 1.10. The zero-order valence-electron chi connectivity index (χ0n) is 6.08. The second kappa shape index (κ2) is 2.48. The van der Waals surface area contributed by atoms with E-state index in [1.54, 1.807) is 0 Å². The molecule has 0 unspecified atom stereocenters. The first-order valence-electron chi connectivity index (χ1n) is 3.38. The molecule has 2 rings (SSSR count). The average Bonchev–Trinajstić information content (AvgIpc) is 2.35. The van der Waals surface area contributed by atoms with Crippen molar-refractivity contribution in [3.8, 4) is 0 Å². The lowest BCUT2D eigenvalue weighted by Gasteiger charge is -1.93. The second-order valence-corrected chi connectivity index (χ2v) is 3.54. The van der Waals surface area contributed by atoms with Crippen LogP contribution in [0.4, 0.5) is 0 Å². The number of aromatic nitrogens is 2. The van der Waals surface area contributed by atoms with Gasteiger partial charge in [-0.15, -0.1) is 0 Å². The maximum Gasteiger partial charge on any atom is 0.105 e. The fraction of sp³-hybridized carbons (Fsp3) is 0.125. The molecule has 2 nitrogen and oxygen atoms in total. The van der Waals surface area contributed by atoms with Gasteiger partial charge in [-0.25, -0.2) is 4.98 Å². The van der Waals surface area contributed by atoms with Crippen molar-refractivity contribution in [3.05, 3.63) is 30.1 Å². The van der Waals surface area contributed by atoms with E-state index in [1.807, 2.05) is 9.11 Å². The van der Waals surface area contributed by atoms with E-state index in [2.05, 4.69) is 53.0 Å². The molecule has 0 fully saturated rings. The average molecular weight is 258 g/mol. The Labute approximate surface area is 78.7 Å². The molecule has 0 saturated carbocycles. The van der Waals surface area contributed by atoms with E-state index in [4.69, 9.17) is 0 Å². The van der Waals surface area contributed by atoms with Crippen LogP contribution in [-0.2, 0) is 0 Å². The van der Waals surface area contributed by atoms with E-state index in [0.29, 0.717) is 0 Å². The zero-order valence-corrected chi connectivity index (χ0v) is 8.24. The summed E-state index contributed by atoms with van der Waals surface area (Å²) >= 11 is 2.22. The lowest BCUT2D eigenvalue weighted by Crippen LogP contribution is -1.76. The molecule has 0 aliphatic heterocycles. The van der Waals surface area contributed by atoms with Crippen molar-refractivity contribution in [2.45, 2.75) is 6.92 Å². The van der Waals surface area contributed by atoms with E-state index in [9.17, 15) is 0 Å². The smallest absolute Gasteiger partial charge is 0.105 e. The number of hydrogen-bond donors (Lipinski definition) is 0. The molecule has 0 aliphatic carbocycles. The first kappa shape index (κ1) is 7.09. The van der Waals surface area contributed by atoms with E-state index < -0.39 is 0 Å². The van der Waals surface area contributed by atoms with Crippen LogP contribution in [0, 0.1) is 6.92 Å². The number of fused-ring (bicyclic) bond motifs is 1. The topological polar surface area (TPSA) is 17.8 Å². The summed E-state index contributed by atoms with van der Waals surface area (Å²) < 4.78 is 2.00. The number of halogens is 1. The minimum atomic E-state index is 1.10. The molecule has 2 aromatic rings. The van der Waals surface area contributed by atoms with Crippen LogP contribution in [0.5, 0.6) is 0 Å². The van der Waals surface area contributed by atoms with Gasteiger partial charge in [0, 0.05) is 0 Å². The molecule has 1 aromatic carbocycles. The van der Waals surface area contributed by atoms with Crippen LogP contribution in [0.2, 0.25) is 0 Å². The number of hydrogen-bond acceptors (Lipinski definition) is 1. The van der Waals surface area contributed by atoms with Gasteiger partial charge < -0.3 is 0 Å². The number of para-hydroxylation sites is 1. The van der Waals surface area contributed by atoms with Crippen molar-refractivity contribution in [2.75, 3.05) is 0 Å². The molecule has 56 valence electrons. The van der Waals surface area contributed by atoms with Gasteiger partial charge in [0.2, 0.25) is 0 Å². The third-order valence-corrected chi connectivity index (χ3v) is 2.50. The highest BCUT2D eigenvalue weighted by atomic mass is 127. The monoisotopic (exact) mass is 258 g/mol. The predicted octanol–water partition coefficient (Wildman–Crippen LogP) is 2.54. The summed E-state index contributed by atoms with van der Waals surface area (Å²) in [6.07, 6.45) is 1.83. The van der Waals surface area contributed by atoms with Gasteiger partial charge in [0.15, 0.2) is 0 Å². The molecule has 0 spiro atoms. The summed E-state index contributed by atoms with van der Waals surface area (Å²) in [5.41, 5.74) is 3.52. The number of rotatable bonds is 0. The SMILES string of the molecule is Cc1cccc2c1ncn2I. The van der Waals surface area contributed by atoms with Gasteiger partial charge in [0.05, 0.1) is 33.9 Å². The van der Waals surface area contributed by atoms with Gasteiger partial charge in [-0.1, -0.05) is 12.1 Å². The van der Waals surface area contributed by atoms with Gasteiger partial charge >= 0.3 is 0 Å². The van der Waals surface area contributed by atoms with Gasteiger partial charge in [-0.05, 0) is 18.6 Å². The van der Waals surface area contributed by atoms with Gasteiger partial charge in [0.25, 0.3) is 0 Å². The van der Waals surface area contributed by atoms with Crippen LogP contribution in [-0.4, -0.2) is 7.76 Å². The molecule has 0 bridgehead atoms. The lowest BCUT2D eigenvalue weighted by atomic mass is 10.2. The zero-order chi connectivity index (χ0) is 7.84. The quantitative estimate of drug-likeness (QED) is 0.664. The largest absolute Gasteiger partial charge is 0.271 e. The van der Waals surface area contributed by atoms with Crippen molar-refractivity contribution < 1.29 is 0 Å². The Morgan fingerprint density at radius 3 is 3.00 bits per heavy atom. The van der Waals surface area contributed by atoms with Crippen LogP contribution in [0.25, 0.3) is 11.0 Å². The number of imidazole rings is 1. The second-order valence-electron chi connectivity index (χ2n) is 2.50. The fourth-order valence-corrected chi connectivity index (χ4v) is 1.67. The Bertz CT molecular complexity index is 392. The summed E-state index contributed by atoms with van der Waals surface area (Å²) in [6.45, 7) is 2.08. The first-order chi connectivity index (χ1) is 5.29. The molecular weight excluding hydrogens is 251 g/mol. The summed E-state index contributed by atoms with van der Waals surface area (Å²) in [5, 5.41) is 0. The maximum absolute atomic E-state index is 4.27. The lowest BCUT2D eigenvalue weighted by molar-refractivity contribution is 1.31. The van der Waals surface area contributed by atoms with E-state index in [1.165, 1.54) is 11.1 Å². The highest BCUT2D eigenvalue weighted by Gasteiger charge is 2.00. The van der Waals surface area contributed by atoms with Gasteiger partial charge in [-0.2, -0.15) is 0 Å². The maximum atomic E-state index is 4.27. The summed E-state index contributed by atoms with van der Waals surface area (Å²) in [6, 6.07) is 6.20. The Kier molecular flexibility index (Phi) is 1.60. The Morgan fingerprint density at radius 1 is 1.45 bits per heavy atom. The normalized spacial score (nSPS) is 10.7. The van der Waals surface area contributed by atoms with Crippen LogP contribution in [0.15, 0.2) is 24.5 Å². The molecule has 3 heteroatoms.